The van der Waals surface area contributed by atoms with Crippen LogP contribution in [0.3, 0.4) is 0 Å². The van der Waals surface area contributed by atoms with Crippen molar-refractivity contribution in [3.8, 4) is 0 Å². The molecule has 1 atom stereocenters. The van der Waals surface area contributed by atoms with Crippen LogP contribution in [-0.4, -0.2) is 37.0 Å². The Morgan fingerprint density at radius 2 is 2.45 bits per heavy atom. The molecular weight excluding hydrogens is 140 g/mol. The molecule has 0 unspecified atom stereocenters. The molecule has 1 aliphatic rings. The summed E-state index contributed by atoms with van der Waals surface area (Å²) in [6.45, 7) is 3.53. The van der Waals surface area contributed by atoms with Gasteiger partial charge in [0.25, 0.3) is 0 Å². The van der Waals surface area contributed by atoms with E-state index in [1.807, 2.05) is 0 Å². The Bertz CT molecular complexity index is 147. The summed E-state index contributed by atoms with van der Waals surface area (Å²) < 4.78 is 5.14. The second-order valence-electron chi connectivity index (χ2n) is 3.14. The Labute approximate surface area is 67.8 Å². The van der Waals surface area contributed by atoms with E-state index in [2.05, 4.69) is 11.9 Å². The smallest absolute Gasteiger partial charge is 0.177 e. The van der Waals surface area contributed by atoms with Gasteiger partial charge in [0, 0.05) is 13.0 Å². The van der Waals surface area contributed by atoms with Crippen LogP contribution >= 0.6 is 0 Å². The first kappa shape index (κ1) is 8.53. The topological polar surface area (TPSA) is 36.3 Å². The Kier molecular flexibility index (Phi) is 2.88. The molecule has 0 amide bonds. The summed E-state index contributed by atoms with van der Waals surface area (Å²) in [6, 6.07) is 0.537. The van der Waals surface area contributed by atoms with E-state index in [1.165, 1.54) is 19.4 Å². The molecule has 1 N–H and O–H groups in total. The Morgan fingerprint density at radius 3 is 2.91 bits per heavy atom. The third-order valence-electron chi connectivity index (χ3n) is 2.16. The van der Waals surface area contributed by atoms with Crippen LogP contribution in [-0.2, 0) is 4.74 Å². The third-order valence-corrected chi connectivity index (χ3v) is 2.16. The molecule has 3 nitrogen and oxygen atoms in total. The van der Waals surface area contributed by atoms with Crippen LogP contribution in [0.4, 0.5) is 0 Å². The molecule has 0 spiro atoms. The molecule has 11 heavy (non-hydrogen) atoms. The molecule has 0 bridgehead atoms. The zero-order valence-electron chi connectivity index (χ0n) is 7.26. The lowest BCUT2D eigenvalue weighted by Gasteiger charge is -2.18. The third kappa shape index (κ3) is 2.50. The second-order valence-corrected chi connectivity index (χ2v) is 3.14. The zero-order valence-corrected chi connectivity index (χ0v) is 7.26. The molecule has 1 heterocycles. The minimum Gasteiger partial charge on any atom is -0.480 e. The van der Waals surface area contributed by atoms with Gasteiger partial charge in [-0.25, -0.2) is 0 Å². The van der Waals surface area contributed by atoms with Gasteiger partial charge in [0.05, 0.1) is 0 Å². The number of hydrogen-bond donors (Lipinski definition) is 1. The van der Waals surface area contributed by atoms with Crippen LogP contribution < -0.4 is 0 Å². The van der Waals surface area contributed by atoms with Crippen molar-refractivity contribution < 1.29 is 4.74 Å². The lowest BCUT2D eigenvalue weighted by atomic mass is 10.2. The highest BCUT2D eigenvalue weighted by molar-refractivity contribution is 5.69. The molecular formula is C8H16N2O. The van der Waals surface area contributed by atoms with Gasteiger partial charge in [0.15, 0.2) is 5.90 Å². The van der Waals surface area contributed by atoms with Gasteiger partial charge in [-0.2, -0.15) is 0 Å². The highest BCUT2D eigenvalue weighted by Gasteiger charge is 2.20. The Morgan fingerprint density at radius 1 is 1.73 bits per heavy atom. The van der Waals surface area contributed by atoms with Gasteiger partial charge in [-0.1, -0.05) is 0 Å². The van der Waals surface area contributed by atoms with Gasteiger partial charge >= 0.3 is 0 Å². The fraction of sp³-hybridized carbons (Fsp3) is 0.875. The molecule has 1 aliphatic heterocycles. The van der Waals surface area contributed by atoms with E-state index in [4.69, 9.17) is 10.1 Å². The summed E-state index contributed by atoms with van der Waals surface area (Å²) in [6.07, 6.45) is 2.48. The molecule has 0 radical (unpaired) electrons. The first-order valence-corrected chi connectivity index (χ1v) is 4.08. The zero-order chi connectivity index (χ0) is 8.27. The molecule has 1 fully saturated rings. The second kappa shape index (κ2) is 3.72. The number of ether oxygens (including phenoxy) is 1. The summed E-state index contributed by atoms with van der Waals surface area (Å²) in [7, 11) is 2.11. The van der Waals surface area contributed by atoms with Crippen molar-refractivity contribution in [1.29, 1.82) is 5.41 Å². The predicted octanol–water partition coefficient (Wildman–Crippen LogP) is 1.09. The number of rotatable bonds is 2. The summed E-state index contributed by atoms with van der Waals surface area (Å²) in [5.74, 6) is 0.324. The van der Waals surface area contributed by atoms with Crippen molar-refractivity contribution in [2.24, 2.45) is 0 Å². The summed E-state index contributed by atoms with van der Waals surface area (Å²) in [4.78, 5) is 2.29. The van der Waals surface area contributed by atoms with Gasteiger partial charge in [-0.15, -0.1) is 0 Å². The quantitative estimate of drug-likeness (QED) is 0.480. The monoisotopic (exact) mass is 156 g/mol. The number of nitrogens with zero attached hydrogens (tertiary/aromatic N) is 1. The highest BCUT2D eigenvalue weighted by atomic mass is 16.5. The molecule has 3 heteroatoms. The van der Waals surface area contributed by atoms with Crippen LogP contribution in [0.25, 0.3) is 0 Å². The van der Waals surface area contributed by atoms with Gasteiger partial charge in [-0.3, -0.25) is 5.41 Å². The van der Waals surface area contributed by atoms with Gasteiger partial charge in [0.2, 0.25) is 0 Å². The molecule has 0 saturated carbocycles. The molecule has 64 valence electrons. The van der Waals surface area contributed by atoms with Crippen molar-refractivity contribution in [1.82, 2.24) is 4.90 Å². The molecule has 0 aliphatic carbocycles. The van der Waals surface area contributed by atoms with E-state index in [9.17, 15) is 0 Å². The van der Waals surface area contributed by atoms with Crippen LogP contribution in [0.15, 0.2) is 0 Å². The standard InChI is InChI=1S/C8H16N2O/c1-7(9)11-6-8-4-3-5-10(8)2/h8-9H,3-6H2,1-2H3/t8-/m0/s1. The Balaban J connectivity index is 2.20. The average Bonchev–Trinajstić information content (AvgIpc) is 2.31. The Hall–Kier alpha value is -0.570. The lowest BCUT2D eigenvalue weighted by molar-refractivity contribution is 0.188. The fourth-order valence-corrected chi connectivity index (χ4v) is 1.41. The lowest BCUT2D eigenvalue weighted by Crippen LogP contribution is -2.29. The van der Waals surface area contributed by atoms with Gasteiger partial charge < -0.3 is 9.64 Å². The van der Waals surface area contributed by atoms with E-state index in [0.29, 0.717) is 18.5 Å². The molecule has 1 saturated heterocycles. The maximum absolute atomic E-state index is 7.08. The number of likely N-dealkylation sites (tertiary alicyclic amines) is 1. The fourth-order valence-electron chi connectivity index (χ4n) is 1.41. The maximum Gasteiger partial charge on any atom is 0.177 e. The van der Waals surface area contributed by atoms with E-state index in [1.54, 1.807) is 6.92 Å². The molecule has 0 aromatic rings. The normalized spacial score (nSPS) is 25.5. The van der Waals surface area contributed by atoms with Crippen molar-refractivity contribution in [2.45, 2.75) is 25.8 Å². The maximum atomic E-state index is 7.08. The first-order valence-electron chi connectivity index (χ1n) is 4.08. The summed E-state index contributed by atoms with van der Waals surface area (Å²) in [5, 5.41) is 7.08. The number of likely N-dealkylation sites (N-methyl/N-ethyl adjacent to an activating group) is 1. The van der Waals surface area contributed by atoms with Gasteiger partial charge in [-0.05, 0) is 26.4 Å². The molecule has 0 aromatic heterocycles. The van der Waals surface area contributed by atoms with Crippen LogP contribution in [0.5, 0.6) is 0 Å². The minimum atomic E-state index is 0.324. The number of hydrogen-bond acceptors (Lipinski definition) is 3. The van der Waals surface area contributed by atoms with E-state index in [-0.39, 0.29) is 0 Å². The molecule has 1 rings (SSSR count). The predicted molar refractivity (Wildman–Crippen MR) is 45.0 cm³/mol. The van der Waals surface area contributed by atoms with Gasteiger partial charge in [0.1, 0.15) is 6.61 Å². The SMILES string of the molecule is CC(=N)OC[C@@H]1CCCN1C. The van der Waals surface area contributed by atoms with Crippen LogP contribution in [0.1, 0.15) is 19.8 Å². The largest absolute Gasteiger partial charge is 0.480 e. The van der Waals surface area contributed by atoms with Crippen molar-refractivity contribution in [2.75, 3.05) is 20.2 Å². The minimum absolute atomic E-state index is 0.324. The van der Waals surface area contributed by atoms with Crippen molar-refractivity contribution in [3.05, 3.63) is 0 Å². The summed E-state index contributed by atoms with van der Waals surface area (Å²) >= 11 is 0. The van der Waals surface area contributed by atoms with E-state index in [0.717, 1.165) is 0 Å². The summed E-state index contributed by atoms with van der Waals surface area (Å²) in [5.41, 5.74) is 0. The molecule has 0 aromatic carbocycles. The van der Waals surface area contributed by atoms with E-state index < -0.39 is 0 Å². The van der Waals surface area contributed by atoms with Crippen LogP contribution in [0, 0.1) is 5.41 Å². The van der Waals surface area contributed by atoms with Crippen LogP contribution in [0.2, 0.25) is 0 Å². The van der Waals surface area contributed by atoms with Crippen molar-refractivity contribution in [3.63, 3.8) is 0 Å². The first-order chi connectivity index (χ1) is 5.20. The van der Waals surface area contributed by atoms with E-state index >= 15 is 0 Å². The van der Waals surface area contributed by atoms with Crippen molar-refractivity contribution >= 4 is 5.90 Å². The highest BCUT2D eigenvalue weighted by Crippen LogP contribution is 2.14. The average molecular weight is 156 g/mol. The number of nitrogens with one attached hydrogen (secondary N) is 1.